The van der Waals surface area contributed by atoms with Gasteiger partial charge in [-0.3, -0.25) is 0 Å². The van der Waals surface area contributed by atoms with E-state index in [1.54, 1.807) is 24.3 Å². The fourth-order valence-corrected chi connectivity index (χ4v) is 0.820. The third-order valence-corrected chi connectivity index (χ3v) is 1.48. The Kier molecular flexibility index (Phi) is 2.57. The molecular formula is C9H9N3. The molecule has 0 aromatic carbocycles. The minimum absolute atomic E-state index is 0.293. The van der Waals surface area contributed by atoms with E-state index in [1.807, 2.05) is 6.07 Å². The summed E-state index contributed by atoms with van der Waals surface area (Å²) in [7, 11) is 0. The highest BCUT2D eigenvalue weighted by atomic mass is 14.8. The van der Waals surface area contributed by atoms with Gasteiger partial charge in [-0.1, -0.05) is 12.1 Å². The van der Waals surface area contributed by atoms with Crippen molar-refractivity contribution in [3.8, 4) is 6.07 Å². The van der Waals surface area contributed by atoms with Gasteiger partial charge in [-0.05, 0) is 12.1 Å². The van der Waals surface area contributed by atoms with Gasteiger partial charge in [0.1, 0.15) is 11.8 Å². The number of nitrogens with two attached hydrogens (primary N) is 1. The molecule has 0 unspecified atom stereocenters. The quantitative estimate of drug-likeness (QED) is 0.658. The van der Waals surface area contributed by atoms with Crippen LogP contribution in [0.25, 0.3) is 0 Å². The normalized spacial score (nSPS) is 11.7. The first-order valence-electron chi connectivity index (χ1n) is 3.53. The number of hydrogen-bond acceptors (Lipinski definition) is 3. The molecule has 0 aliphatic heterocycles. The topological polar surface area (TPSA) is 62.7 Å². The van der Waals surface area contributed by atoms with Crippen molar-refractivity contribution in [2.75, 3.05) is 0 Å². The zero-order chi connectivity index (χ0) is 8.97. The first-order chi connectivity index (χ1) is 5.77. The van der Waals surface area contributed by atoms with Crippen LogP contribution in [0.5, 0.6) is 0 Å². The molecule has 60 valence electrons. The van der Waals surface area contributed by atoms with Crippen LogP contribution < -0.4 is 5.73 Å². The summed E-state index contributed by atoms with van der Waals surface area (Å²) in [5.74, 6) is 0. The van der Waals surface area contributed by atoms with E-state index in [-0.39, 0.29) is 6.04 Å². The van der Waals surface area contributed by atoms with E-state index in [0.717, 1.165) is 0 Å². The predicted octanol–water partition coefficient (Wildman–Crippen LogP) is 1.14. The Labute approximate surface area is 71.2 Å². The lowest BCUT2D eigenvalue weighted by Crippen LogP contribution is -2.08. The van der Waals surface area contributed by atoms with E-state index < -0.39 is 0 Å². The Morgan fingerprint density at radius 2 is 2.42 bits per heavy atom. The van der Waals surface area contributed by atoms with Gasteiger partial charge in [0.15, 0.2) is 0 Å². The molecule has 1 aromatic rings. The summed E-state index contributed by atoms with van der Waals surface area (Å²) in [6, 6.07) is 6.82. The van der Waals surface area contributed by atoms with Gasteiger partial charge in [0, 0.05) is 0 Å². The Morgan fingerprint density at radius 3 is 3.00 bits per heavy atom. The van der Waals surface area contributed by atoms with Crippen LogP contribution in [0.1, 0.15) is 17.4 Å². The molecule has 3 nitrogen and oxygen atoms in total. The first kappa shape index (κ1) is 8.44. The van der Waals surface area contributed by atoms with Crippen molar-refractivity contribution in [3.63, 3.8) is 0 Å². The van der Waals surface area contributed by atoms with E-state index in [1.165, 1.54) is 0 Å². The maximum Gasteiger partial charge on any atom is 0.140 e. The largest absolute Gasteiger partial charge is 0.319 e. The highest BCUT2D eigenvalue weighted by molar-refractivity contribution is 5.24. The van der Waals surface area contributed by atoms with Crippen molar-refractivity contribution >= 4 is 0 Å². The Bertz CT molecular complexity index is 325. The van der Waals surface area contributed by atoms with Crippen LogP contribution in [0.2, 0.25) is 0 Å². The van der Waals surface area contributed by atoms with Crippen LogP contribution in [-0.4, -0.2) is 4.98 Å². The first-order valence-corrected chi connectivity index (χ1v) is 3.53. The van der Waals surface area contributed by atoms with Crippen LogP contribution in [0, 0.1) is 11.3 Å². The van der Waals surface area contributed by atoms with Gasteiger partial charge in [-0.15, -0.1) is 6.58 Å². The third kappa shape index (κ3) is 1.68. The summed E-state index contributed by atoms with van der Waals surface area (Å²) in [6.45, 7) is 3.54. The zero-order valence-electron chi connectivity index (χ0n) is 6.57. The van der Waals surface area contributed by atoms with E-state index >= 15 is 0 Å². The van der Waals surface area contributed by atoms with Gasteiger partial charge in [-0.25, -0.2) is 4.98 Å². The van der Waals surface area contributed by atoms with Gasteiger partial charge in [0.2, 0.25) is 0 Å². The minimum Gasteiger partial charge on any atom is -0.319 e. The van der Waals surface area contributed by atoms with E-state index in [0.29, 0.717) is 11.4 Å². The molecule has 0 radical (unpaired) electrons. The van der Waals surface area contributed by atoms with Crippen molar-refractivity contribution in [2.24, 2.45) is 5.73 Å². The Morgan fingerprint density at radius 1 is 1.67 bits per heavy atom. The highest BCUT2D eigenvalue weighted by Crippen LogP contribution is 2.07. The summed E-state index contributed by atoms with van der Waals surface area (Å²) in [5.41, 5.74) is 6.68. The monoisotopic (exact) mass is 159 g/mol. The molecule has 0 aliphatic rings. The average molecular weight is 159 g/mol. The standard InChI is InChI=1S/C9H9N3/c1-2-8(11)9-5-3-4-7(6-10)12-9/h2-5,8H,1,11H2/t8-/m1/s1. The van der Waals surface area contributed by atoms with Crippen LogP contribution in [0.3, 0.4) is 0 Å². The molecule has 0 bridgehead atoms. The van der Waals surface area contributed by atoms with Gasteiger partial charge in [0.05, 0.1) is 11.7 Å². The van der Waals surface area contributed by atoms with Crippen molar-refractivity contribution in [1.82, 2.24) is 4.98 Å². The van der Waals surface area contributed by atoms with Crippen LogP contribution in [0.4, 0.5) is 0 Å². The Balaban J connectivity index is 3.03. The molecule has 1 heterocycles. The van der Waals surface area contributed by atoms with Crippen molar-refractivity contribution in [2.45, 2.75) is 6.04 Å². The van der Waals surface area contributed by atoms with Gasteiger partial charge >= 0.3 is 0 Å². The molecule has 2 N–H and O–H groups in total. The minimum atomic E-state index is -0.293. The summed E-state index contributed by atoms with van der Waals surface area (Å²) < 4.78 is 0. The van der Waals surface area contributed by atoms with Crippen LogP contribution in [0.15, 0.2) is 30.9 Å². The number of pyridine rings is 1. The van der Waals surface area contributed by atoms with Gasteiger partial charge in [-0.2, -0.15) is 5.26 Å². The third-order valence-electron chi connectivity index (χ3n) is 1.48. The van der Waals surface area contributed by atoms with Crippen LogP contribution >= 0.6 is 0 Å². The SMILES string of the molecule is C=C[C@@H](N)c1cccc(C#N)n1. The molecule has 1 atom stereocenters. The second-order valence-corrected chi connectivity index (χ2v) is 2.32. The van der Waals surface area contributed by atoms with Gasteiger partial charge in [0.25, 0.3) is 0 Å². The fraction of sp³-hybridized carbons (Fsp3) is 0.111. The summed E-state index contributed by atoms with van der Waals surface area (Å²) in [6.07, 6.45) is 1.59. The molecule has 0 saturated carbocycles. The number of rotatable bonds is 2. The van der Waals surface area contributed by atoms with Crippen LogP contribution in [-0.2, 0) is 0 Å². The lowest BCUT2D eigenvalue weighted by molar-refractivity contribution is 0.860. The lowest BCUT2D eigenvalue weighted by atomic mass is 10.2. The fourth-order valence-electron chi connectivity index (χ4n) is 0.820. The molecule has 0 amide bonds. The maximum absolute atomic E-state index is 8.54. The number of nitrogens with zero attached hydrogens (tertiary/aromatic N) is 2. The zero-order valence-corrected chi connectivity index (χ0v) is 6.57. The smallest absolute Gasteiger partial charge is 0.140 e. The molecule has 0 spiro atoms. The Hall–Kier alpha value is -1.66. The molecular weight excluding hydrogens is 150 g/mol. The molecule has 0 fully saturated rings. The van der Waals surface area contributed by atoms with E-state index in [4.69, 9.17) is 11.0 Å². The van der Waals surface area contributed by atoms with Gasteiger partial charge < -0.3 is 5.73 Å². The lowest BCUT2D eigenvalue weighted by Gasteiger charge is -2.03. The molecule has 1 rings (SSSR count). The summed E-state index contributed by atoms with van der Waals surface area (Å²) >= 11 is 0. The number of nitriles is 1. The average Bonchev–Trinajstić information content (AvgIpc) is 2.17. The molecule has 12 heavy (non-hydrogen) atoms. The molecule has 1 aromatic heterocycles. The number of hydrogen-bond donors (Lipinski definition) is 1. The van der Waals surface area contributed by atoms with Crippen molar-refractivity contribution in [3.05, 3.63) is 42.2 Å². The summed E-state index contributed by atoms with van der Waals surface area (Å²) in [4.78, 5) is 4.00. The van der Waals surface area contributed by atoms with E-state index in [9.17, 15) is 0 Å². The maximum atomic E-state index is 8.54. The van der Waals surface area contributed by atoms with Crippen molar-refractivity contribution < 1.29 is 0 Å². The number of aromatic nitrogens is 1. The highest BCUT2D eigenvalue weighted by Gasteiger charge is 2.02. The molecule has 3 heteroatoms. The predicted molar refractivity (Wildman–Crippen MR) is 46.1 cm³/mol. The second-order valence-electron chi connectivity index (χ2n) is 2.32. The second kappa shape index (κ2) is 3.65. The van der Waals surface area contributed by atoms with Crippen molar-refractivity contribution in [1.29, 1.82) is 5.26 Å². The summed E-state index contributed by atoms with van der Waals surface area (Å²) in [5, 5.41) is 8.54. The molecule has 0 aliphatic carbocycles. The molecule has 0 saturated heterocycles. The van der Waals surface area contributed by atoms with E-state index in [2.05, 4.69) is 11.6 Å².